The molecule has 0 radical (unpaired) electrons. The molecule has 4 heteroatoms. The second-order valence-corrected chi connectivity index (χ2v) is 4.92. The number of hydrogen-bond donors (Lipinski definition) is 0. The van der Waals surface area contributed by atoms with E-state index >= 15 is 0 Å². The van der Waals surface area contributed by atoms with Gasteiger partial charge in [-0.15, -0.1) is 0 Å². The third-order valence-electron chi connectivity index (χ3n) is 2.25. The molecule has 0 saturated heterocycles. The van der Waals surface area contributed by atoms with E-state index in [2.05, 4.69) is 20.8 Å². The fraction of sp³-hybridized carbons (Fsp3) is 0.455. The Kier molecular flexibility index (Phi) is 4.44. The zero-order valence-electron chi connectivity index (χ0n) is 9.34. The average molecular weight is 293 g/mol. The van der Waals surface area contributed by atoms with Crippen LogP contribution in [0.15, 0.2) is 12.1 Å². The number of nitrogens with zero attached hydrogens (tertiary/aromatic N) is 1. The van der Waals surface area contributed by atoms with E-state index in [0.29, 0.717) is 5.02 Å². The maximum absolute atomic E-state index is 6.09. The predicted molar refractivity (Wildman–Crippen MR) is 68.1 cm³/mol. The molecule has 84 valence electrons. The Morgan fingerprint density at radius 3 is 2.47 bits per heavy atom. The second kappa shape index (κ2) is 5.19. The molecule has 0 spiro atoms. The van der Waals surface area contributed by atoms with E-state index in [9.17, 15) is 0 Å². The third kappa shape index (κ3) is 2.86. The van der Waals surface area contributed by atoms with E-state index < -0.39 is 0 Å². The van der Waals surface area contributed by atoms with Crippen LogP contribution in [0.5, 0.6) is 5.75 Å². The number of methoxy groups -OCH3 is 1. The van der Waals surface area contributed by atoms with Crippen molar-refractivity contribution in [3.8, 4) is 5.75 Å². The minimum absolute atomic E-state index is 0.168. The molecular weight excluding hydrogens is 277 g/mol. The summed E-state index contributed by atoms with van der Waals surface area (Å²) in [6.45, 7) is 2.05. The lowest BCUT2D eigenvalue weighted by Gasteiger charge is -2.21. The van der Waals surface area contributed by atoms with Crippen molar-refractivity contribution < 1.29 is 4.74 Å². The van der Waals surface area contributed by atoms with E-state index in [1.807, 2.05) is 33.2 Å². The van der Waals surface area contributed by atoms with Gasteiger partial charge in [-0.3, -0.25) is 4.90 Å². The van der Waals surface area contributed by atoms with Crippen LogP contribution in [0.1, 0.15) is 16.1 Å². The number of rotatable bonds is 3. The van der Waals surface area contributed by atoms with Crippen molar-refractivity contribution in [2.45, 2.75) is 11.9 Å². The monoisotopic (exact) mass is 291 g/mol. The molecule has 0 aromatic heterocycles. The van der Waals surface area contributed by atoms with Crippen LogP contribution < -0.4 is 4.74 Å². The van der Waals surface area contributed by atoms with Crippen molar-refractivity contribution in [2.75, 3.05) is 21.2 Å². The number of halogens is 2. The van der Waals surface area contributed by atoms with Crippen LogP contribution in [0.3, 0.4) is 0 Å². The first-order valence-electron chi connectivity index (χ1n) is 4.62. The van der Waals surface area contributed by atoms with E-state index in [4.69, 9.17) is 16.3 Å². The molecule has 1 rings (SSSR count). The first-order valence-corrected chi connectivity index (χ1v) is 5.91. The van der Waals surface area contributed by atoms with Crippen LogP contribution in [-0.2, 0) is 0 Å². The van der Waals surface area contributed by atoms with Gasteiger partial charge in [0.2, 0.25) is 0 Å². The Morgan fingerprint density at radius 2 is 2.00 bits per heavy atom. The Hall–Kier alpha value is -0.250. The summed E-state index contributed by atoms with van der Waals surface area (Å²) in [6, 6.07) is 3.89. The minimum atomic E-state index is 0.168. The molecule has 2 nitrogen and oxygen atoms in total. The fourth-order valence-electron chi connectivity index (χ4n) is 1.36. The molecule has 1 aromatic carbocycles. The molecule has 0 saturated carbocycles. The molecule has 0 aliphatic heterocycles. The Morgan fingerprint density at radius 1 is 1.40 bits per heavy atom. The molecule has 0 aliphatic carbocycles. The van der Waals surface area contributed by atoms with Gasteiger partial charge >= 0.3 is 0 Å². The van der Waals surface area contributed by atoms with Crippen molar-refractivity contribution >= 4 is 27.5 Å². The van der Waals surface area contributed by atoms with E-state index in [0.717, 1.165) is 16.9 Å². The van der Waals surface area contributed by atoms with Gasteiger partial charge in [0, 0.05) is 0 Å². The lowest BCUT2D eigenvalue weighted by atomic mass is 10.1. The van der Waals surface area contributed by atoms with Gasteiger partial charge in [0.05, 0.1) is 17.1 Å². The highest BCUT2D eigenvalue weighted by molar-refractivity contribution is 9.09. The smallest absolute Gasteiger partial charge is 0.137 e. The Balaban J connectivity index is 3.15. The lowest BCUT2D eigenvalue weighted by molar-refractivity contribution is 0.394. The molecular formula is C11H15BrClNO. The summed E-state index contributed by atoms with van der Waals surface area (Å²) < 4.78 is 5.16. The molecule has 1 aromatic rings. The van der Waals surface area contributed by atoms with Gasteiger partial charge in [-0.25, -0.2) is 0 Å². The molecule has 0 aliphatic rings. The number of ether oxygens (including phenoxy) is 1. The predicted octanol–water partition coefficient (Wildman–Crippen LogP) is 3.61. The Bertz CT molecular complexity index is 355. The van der Waals surface area contributed by atoms with Gasteiger partial charge in [0.15, 0.2) is 0 Å². The average Bonchev–Trinajstić information content (AvgIpc) is 2.19. The molecule has 0 N–H and O–H groups in total. The van der Waals surface area contributed by atoms with E-state index in [1.165, 1.54) is 0 Å². The number of alkyl halides is 1. The zero-order valence-corrected chi connectivity index (χ0v) is 11.7. The van der Waals surface area contributed by atoms with Crippen LogP contribution in [0.2, 0.25) is 5.02 Å². The van der Waals surface area contributed by atoms with Gasteiger partial charge in [0.25, 0.3) is 0 Å². The molecule has 0 bridgehead atoms. The van der Waals surface area contributed by atoms with Gasteiger partial charge in [-0.2, -0.15) is 0 Å². The maximum Gasteiger partial charge on any atom is 0.137 e. The molecule has 15 heavy (non-hydrogen) atoms. The summed E-state index contributed by atoms with van der Waals surface area (Å²) in [4.78, 5) is 2.24. The summed E-state index contributed by atoms with van der Waals surface area (Å²) >= 11 is 9.69. The SMILES string of the molecule is COc1cc(C)c(C(Br)N(C)C)cc1Cl. The second-order valence-electron chi connectivity index (χ2n) is 3.64. The van der Waals surface area contributed by atoms with Crippen LogP contribution in [-0.4, -0.2) is 26.1 Å². The minimum Gasteiger partial charge on any atom is -0.495 e. The summed E-state index contributed by atoms with van der Waals surface area (Å²) in [5, 5.41) is 0.643. The van der Waals surface area contributed by atoms with Crippen molar-refractivity contribution in [2.24, 2.45) is 0 Å². The van der Waals surface area contributed by atoms with Gasteiger partial charge in [0.1, 0.15) is 5.75 Å². The summed E-state index contributed by atoms with van der Waals surface area (Å²) in [5.74, 6) is 0.719. The standard InChI is InChI=1S/C11H15BrClNO/c1-7-5-10(15-4)9(13)6-8(7)11(12)14(2)3/h5-6,11H,1-4H3. The quantitative estimate of drug-likeness (QED) is 0.623. The normalized spacial score (nSPS) is 13.0. The number of aryl methyl sites for hydroxylation is 1. The summed E-state index contributed by atoms with van der Waals surface area (Å²) in [7, 11) is 5.64. The summed E-state index contributed by atoms with van der Waals surface area (Å²) in [6.07, 6.45) is 0. The molecule has 0 amide bonds. The molecule has 1 atom stereocenters. The van der Waals surface area contributed by atoms with Crippen LogP contribution in [0.4, 0.5) is 0 Å². The highest BCUT2D eigenvalue weighted by Crippen LogP contribution is 2.34. The van der Waals surface area contributed by atoms with Gasteiger partial charge < -0.3 is 4.74 Å². The topological polar surface area (TPSA) is 12.5 Å². The highest BCUT2D eigenvalue weighted by atomic mass is 79.9. The lowest BCUT2D eigenvalue weighted by Crippen LogP contribution is -2.15. The highest BCUT2D eigenvalue weighted by Gasteiger charge is 2.15. The van der Waals surface area contributed by atoms with Crippen LogP contribution in [0, 0.1) is 6.92 Å². The number of hydrogen-bond acceptors (Lipinski definition) is 2. The summed E-state index contributed by atoms with van der Waals surface area (Å²) in [5.41, 5.74) is 2.32. The fourth-order valence-corrected chi connectivity index (χ4v) is 2.10. The van der Waals surface area contributed by atoms with Crippen LogP contribution in [0.25, 0.3) is 0 Å². The zero-order chi connectivity index (χ0) is 11.6. The third-order valence-corrected chi connectivity index (χ3v) is 3.86. The first-order chi connectivity index (χ1) is 6.97. The van der Waals surface area contributed by atoms with Crippen molar-refractivity contribution in [1.82, 2.24) is 4.90 Å². The first kappa shape index (κ1) is 12.8. The number of benzene rings is 1. The molecule has 0 heterocycles. The van der Waals surface area contributed by atoms with Crippen molar-refractivity contribution in [3.05, 3.63) is 28.3 Å². The maximum atomic E-state index is 6.09. The van der Waals surface area contributed by atoms with Crippen LogP contribution >= 0.6 is 27.5 Å². The van der Waals surface area contributed by atoms with Gasteiger partial charge in [-0.05, 0) is 44.3 Å². The molecule has 1 unspecified atom stereocenters. The van der Waals surface area contributed by atoms with E-state index in [1.54, 1.807) is 7.11 Å². The van der Waals surface area contributed by atoms with Gasteiger partial charge in [-0.1, -0.05) is 27.5 Å². The van der Waals surface area contributed by atoms with Crippen molar-refractivity contribution in [1.29, 1.82) is 0 Å². The Labute approximate surface area is 104 Å². The van der Waals surface area contributed by atoms with E-state index in [-0.39, 0.29) is 4.95 Å². The largest absolute Gasteiger partial charge is 0.495 e. The molecule has 0 fully saturated rings. The van der Waals surface area contributed by atoms with Crippen molar-refractivity contribution in [3.63, 3.8) is 0 Å².